The van der Waals surface area contributed by atoms with E-state index in [0.29, 0.717) is 17.5 Å². The van der Waals surface area contributed by atoms with Crippen molar-refractivity contribution < 1.29 is 0 Å². The van der Waals surface area contributed by atoms with Crippen LogP contribution in [-0.2, 0) is 6.54 Å². The van der Waals surface area contributed by atoms with Gasteiger partial charge in [0.1, 0.15) is 17.6 Å². The monoisotopic (exact) mass is 260 g/mol. The number of aromatic nitrogens is 1. The zero-order chi connectivity index (χ0) is 14.0. The molecule has 0 aromatic carbocycles. The molecule has 0 saturated carbocycles. The van der Waals surface area contributed by atoms with Gasteiger partial charge in [0.25, 0.3) is 0 Å². The van der Waals surface area contributed by atoms with Gasteiger partial charge < -0.3 is 15.2 Å². The Labute approximate surface area is 115 Å². The molecule has 1 aliphatic heterocycles. The molecule has 2 rings (SSSR count). The number of nitrogens with zero attached hydrogens (tertiary/aromatic N) is 3. The number of anilines is 2. The molecule has 104 valence electrons. The van der Waals surface area contributed by atoms with Gasteiger partial charge in [-0.2, -0.15) is 5.26 Å². The number of nitriles is 1. The van der Waals surface area contributed by atoms with E-state index >= 15 is 0 Å². The zero-order valence-electron chi connectivity index (χ0n) is 12.2. The van der Waals surface area contributed by atoms with Crippen molar-refractivity contribution >= 4 is 11.5 Å². The summed E-state index contributed by atoms with van der Waals surface area (Å²) in [4.78, 5) is 2.37. The van der Waals surface area contributed by atoms with Gasteiger partial charge in [-0.25, -0.2) is 0 Å². The van der Waals surface area contributed by atoms with Gasteiger partial charge in [0.05, 0.1) is 5.69 Å². The molecular formula is C15H24N4. The van der Waals surface area contributed by atoms with E-state index in [1.54, 1.807) is 0 Å². The number of nitrogen functional groups attached to an aromatic ring is 1. The van der Waals surface area contributed by atoms with Crippen LogP contribution in [0.3, 0.4) is 0 Å². The van der Waals surface area contributed by atoms with Crippen molar-refractivity contribution in [1.82, 2.24) is 4.57 Å². The van der Waals surface area contributed by atoms with Crippen molar-refractivity contribution in [3.05, 3.63) is 11.8 Å². The van der Waals surface area contributed by atoms with Crippen LogP contribution in [0.5, 0.6) is 0 Å². The molecule has 4 heteroatoms. The number of nitrogens with two attached hydrogens (primary N) is 1. The van der Waals surface area contributed by atoms with Crippen molar-refractivity contribution in [2.75, 3.05) is 23.7 Å². The third kappa shape index (κ3) is 2.70. The molecule has 1 aromatic rings. The van der Waals surface area contributed by atoms with Gasteiger partial charge in [-0.1, -0.05) is 20.8 Å². The molecule has 0 radical (unpaired) electrons. The molecule has 2 atom stereocenters. The minimum Gasteiger partial charge on any atom is -0.396 e. The van der Waals surface area contributed by atoms with Crippen molar-refractivity contribution in [1.29, 1.82) is 5.26 Å². The Bertz CT molecular complexity index is 473. The van der Waals surface area contributed by atoms with Gasteiger partial charge in [-0.05, 0) is 30.7 Å². The highest BCUT2D eigenvalue weighted by molar-refractivity contribution is 5.68. The third-order valence-electron chi connectivity index (χ3n) is 3.83. The van der Waals surface area contributed by atoms with Gasteiger partial charge in [0, 0.05) is 19.6 Å². The number of hydrogen-bond donors (Lipinski definition) is 1. The lowest BCUT2D eigenvalue weighted by molar-refractivity contribution is 0.353. The zero-order valence-corrected chi connectivity index (χ0v) is 12.2. The smallest absolute Gasteiger partial charge is 0.133 e. The van der Waals surface area contributed by atoms with Crippen molar-refractivity contribution in [2.45, 2.75) is 40.2 Å². The van der Waals surface area contributed by atoms with Gasteiger partial charge in [-0.3, -0.25) is 0 Å². The molecule has 1 saturated heterocycles. The first-order chi connectivity index (χ1) is 9.06. The van der Waals surface area contributed by atoms with Crippen LogP contribution < -0.4 is 10.6 Å². The second-order valence-electron chi connectivity index (χ2n) is 5.92. The summed E-state index contributed by atoms with van der Waals surface area (Å²) in [6.45, 7) is 9.63. The van der Waals surface area contributed by atoms with Crippen molar-refractivity contribution in [2.24, 2.45) is 11.8 Å². The van der Waals surface area contributed by atoms with Crippen LogP contribution in [-0.4, -0.2) is 17.7 Å². The lowest BCUT2D eigenvalue weighted by Crippen LogP contribution is -2.40. The normalized spacial score (nSPS) is 23.4. The molecule has 19 heavy (non-hydrogen) atoms. The molecule has 2 heterocycles. The summed E-state index contributed by atoms with van der Waals surface area (Å²) < 4.78 is 2.08. The number of rotatable bonds is 3. The summed E-state index contributed by atoms with van der Waals surface area (Å²) >= 11 is 0. The highest BCUT2D eigenvalue weighted by Crippen LogP contribution is 2.33. The Morgan fingerprint density at radius 1 is 1.37 bits per heavy atom. The lowest BCUT2D eigenvalue weighted by atomic mass is 9.92. The van der Waals surface area contributed by atoms with E-state index in [1.807, 2.05) is 6.07 Å². The van der Waals surface area contributed by atoms with Crippen LogP contribution >= 0.6 is 0 Å². The van der Waals surface area contributed by atoms with E-state index in [2.05, 4.69) is 36.3 Å². The average molecular weight is 260 g/mol. The summed E-state index contributed by atoms with van der Waals surface area (Å²) in [7, 11) is 0. The van der Waals surface area contributed by atoms with E-state index < -0.39 is 0 Å². The summed E-state index contributed by atoms with van der Waals surface area (Å²) in [5.41, 5.74) is 7.58. The Morgan fingerprint density at radius 2 is 2.00 bits per heavy atom. The maximum Gasteiger partial charge on any atom is 0.133 e. The minimum absolute atomic E-state index is 0.679. The standard InChI is InChI=1S/C15H24N4/c1-4-5-19-13(8-16)7-14(17)15(19)18-9-11(2)6-12(3)10-18/h7,11-12H,4-6,9-10,17H2,1-3H3/t11-,12+. The topological polar surface area (TPSA) is 58.0 Å². The Balaban J connectivity index is 2.38. The van der Waals surface area contributed by atoms with Crippen molar-refractivity contribution in [3.8, 4) is 6.07 Å². The van der Waals surface area contributed by atoms with Crippen LogP contribution in [0.4, 0.5) is 11.5 Å². The largest absolute Gasteiger partial charge is 0.396 e. The highest BCUT2D eigenvalue weighted by atomic mass is 15.3. The summed E-state index contributed by atoms with van der Waals surface area (Å²) in [5, 5.41) is 9.24. The quantitative estimate of drug-likeness (QED) is 0.909. The first-order valence-electron chi connectivity index (χ1n) is 7.20. The lowest BCUT2D eigenvalue weighted by Gasteiger charge is -2.37. The maximum absolute atomic E-state index is 9.24. The summed E-state index contributed by atoms with van der Waals surface area (Å²) in [6.07, 6.45) is 2.28. The van der Waals surface area contributed by atoms with E-state index in [9.17, 15) is 5.26 Å². The first-order valence-corrected chi connectivity index (χ1v) is 7.20. The Kier molecular flexibility index (Phi) is 4.04. The van der Waals surface area contributed by atoms with Gasteiger partial charge in [-0.15, -0.1) is 0 Å². The van der Waals surface area contributed by atoms with Crippen LogP contribution in [0.15, 0.2) is 6.07 Å². The second kappa shape index (κ2) is 5.56. The van der Waals surface area contributed by atoms with Crippen LogP contribution in [0.25, 0.3) is 0 Å². The summed E-state index contributed by atoms with van der Waals surface area (Å²) in [6, 6.07) is 4.07. The van der Waals surface area contributed by atoms with Gasteiger partial charge in [0.2, 0.25) is 0 Å². The van der Waals surface area contributed by atoms with Crippen LogP contribution in [0.2, 0.25) is 0 Å². The van der Waals surface area contributed by atoms with Crippen LogP contribution in [0.1, 0.15) is 39.3 Å². The molecule has 0 amide bonds. The maximum atomic E-state index is 9.24. The Morgan fingerprint density at radius 3 is 2.53 bits per heavy atom. The molecule has 1 fully saturated rings. The van der Waals surface area contributed by atoms with Crippen LogP contribution in [0, 0.1) is 23.2 Å². The van der Waals surface area contributed by atoms with Gasteiger partial charge in [0.15, 0.2) is 0 Å². The average Bonchev–Trinajstić information content (AvgIpc) is 2.65. The molecule has 2 N–H and O–H groups in total. The number of piperidine rings is 1. The first kappa shape index (κ1) is 13.8. The fraction of sp³-hybridized carbons (Fsp3) is 0.667. The predicted molar refractivity (Wildman–Crippen MR) is 79.0 cm³/mol. The number of hydrogen-bond acceptors (Lipinski definition) is 3. The van der Waals surface area contributed by atoms with E-state index in [4.69, 9.17) is 5.73 Å². The molecular weight excluding hydrogens is 236 g/mol. The predicted octanol–water partition coefficient (Wildman–Crippen LogP) is 2.83. The molecule has 0 unspecified atom stereocenters. The SMILES string of the molecule is CCCn1c(C#N)cc(N)c1N1C[C@H](C)C[C@H](C)C1. The Hall–Kier alpha value is -1.63. The molecule has 0 bridgehead atoms. The highest BCUT2D eigenvalue weighted by Gasteiger charge is 2.26. The van der Waals surface area contributed by atoms with E-state index in [0.717, 1.165) is 37.6 Å². The fourth-order valence-corrected chi connectivity index (χ4v) is 3.29. The summed E-state index contributed by atoms with van der Waals surface area (Å²) in [5.74, 6) is 2.41. The molecule has 0 spiro atoms. The molecule has 4 nitrogen and oxygen atoms in total. The molecule has 1 aromatic heterocycles. The molecule has 0 aliphatic carbocycles. The van der Waals surface area contributed by atoms with Gasteiger partial charge >= 0.3 is 0 Å². The molecule has 1 aliphatic rings. The van der Waals surface area contributed by atoms with E-state index in [-0.39, 0.29) is 0 Å². The fourth-order valence-electron chi connectivity index (χ4n) is 3.29. The van der Waals surface area contributed by atoms with Crippen molar-refractivity contribution in [3.63, 3.8) is 0 Å². The minimum atomic E-state index is 0.679. The third-order valence-corrected chi connectivity index (χ3v) is 3.83. The van der Waals surface area contributed by atoms with E-state index in [1.165, 1.54) is 6.42 Å². The second-order valence-corrected chi connectivity index (χ2v) is 5.92.